The van der Waals surface area contributed by atoms with E-state index in [1.165, 1.54) is 44.5 Å². The standard InChI is InChI=1S/C32H21F3/c1-31(2)27-16-21(10-13-24(27)25-15-11-22(17-28(25)31)32(33,34)35)23-12-8-20-7-6-18-4-3-5-19-9-14-26(23)30(20)29(18)19/h3-17H,1-2H3. The molecule has 0 unspecified atom stereocenters. The van der Waals surface area contributed by atoms with Gasteiger partial charge in [-0.1, -0.05) is 86.6 Å². The summed E-state index contributed by atoms with van der Waals surface area (Å²) in [5, 5.41) is 7.39. The molecule has 0 nitrogen and oxygen atoms in total. The van der Waals surface area contributed by atoms with Crippen LogP contribution >= 0.6 is 0 Å². The summed E-state index contributed by atoms with van der Waals surface area (Å²) < 4.78 is 40.3. The summed E-state index contributed by atoms with van der Waals surface area (Å²) in [6.07, 6.45) is -4.35. The summed E-state index contributed by atoms with van der Waals surface area (Å²) in [7, 11) is 0. The van der Waals surface area contributed by atoms with E-state index in [1.54, 1.807) is 6.07 Å². The molecule has 0 aliphatic heterocycles. The number of benzene rings is 6. The van der Waals surface area contributed by atoms with E-state index in [4.69, 9.17) is 0 Å². The molecule has 0 radical (unpaired) electrons. The third kappa shape index (κ3) is 2.75. The first-order valence-electron chi connectivity index (χ1n) is 11.8. The first-order chi connectivity index (χ1) is 16.7. The average Bonchev–Trinajstić information content (AvgIpc) is 3.08. The fourth-order valence-corrected chi connectivity index (χ4v) is 6.07. The second-order valence-electron chi connectivity index (χ2n) is 10.1. The first-order valence-corrected chi connectivity index (χ1v) is 11.8. The molecule has 0 N–H and O–H groups in total. The van der Waals surface area contributed by atoms with Gasteiger partial charge in [0.1, 0.15) is 0 Å². The van der Waals surface area contributed by atoms with Crippen LogP contribution in [0.1, 0.15) is 30.5 Å². The summed E-state index contributed by atoms with van der Waals surface area (Å²) in [4.78, 5) is 0. The fraction of sp³-hybridized carbons (Fsp3) is 0.125. The van der Waals surface area contributed by atoms with Crippen LogP contribution in [0.25, 0.3) is 54.6 Å². The normalized spacial score (nSPS) is 14.7. The third-order valence-electron chi connectivity index (χ3n) is 7.84. The highest BCUT2D eigenvalue weighted by Crippen LogP contribution is 2.51. The summed E-state index contributed by atoms with van der Waals surface area (Å²) in [5.74, 6) is 0. The quantitative estimate of drug-likeness (QED) is 0.213. The molecule has 0 aromatic heterocycles. The Hall–Kier alpha value is -3.85. The Labute approximate surface area is 201 Å². The Balaban J connectivity index is 1.45. The van der Waals surface area contributed by atoms with Crippen LogP contribution in [-0.2, 0) is 11.6 Å². The molecule has 0 atom stereocenters. The highest BCUT2D eigenvalue weighted by atomic mass is 19.4. The molecule has 7 rings (SSSR count). The zero-order chi connectivity index (χ0) is 24.1. The van der Waals surface area contributed by atoms with Gasteiger partial charge in [0.15, 0.2) is 0 Å². The van der Waals surface area contributed by atoms with Crippen LogP contribution in [0.15, 0.2) is 91.0 Å². The van der Waals surface area contributed by atoms with Crippen LogP contribution in [0.3, 0.4) is 0 Å². The van der Waals surface area contributed by atoms with E-state index in [1.807, 2.05) is 13.8 Å². The number of hydrogen-bond acceptors (Lipinski definition) is 0. The number of halogens is 3. The predicted octanol–water partition coefficient (Wildman–Crippen LogP) is 9.58. The molecule has 1 aliphatic rings. The van der Waals surface area contributed by atoms with Crippen LogP contribution in [0.4, 0.5) is 13.2 Å². The molecule has 0 saturated heterocycles. The largest absolute Gasteiger partial charge is 0.416 e. The topological polar surface area (TPSA) is 0 Å². The molecule has 0 spiro atoms. The molecule has 6 aromatic carbocycles. The molecular weight excluding hydrogens is 441 g/mol. The lowest BCUT2D eigenvalue weighted by Gasteiger charge is -2.23. The van der Waals surface area contributed by atoms with Gasteiger partial charge in [-0.3, -0.25) is 0 Å². The van der Waals surface area contributed by atoms with E-state index < -0.39 is 17.2 Å². The zero-order valence-electron chi connectivity index (χ0n) is 19.3. The average molecular weight is 463 g/mol. The summed E-state index contributed by atoms with van der Waals surface area (Å²) in [6.45, 7) is 4.04. The van der Waals surface area contributed by atoms with E-state index in [0.717, 1.165) is 33.4 Å². The maximum absolute atomic E-state index is 13.4. The zero-order valence-corrected chi connectivity index (χ0v) is 19.3. The molecule has 0 fully saturated rings. The Morgan fingerprint density at radius 1 is 0.571 bits per heavy atom. The van der Waals surface area contributed by atoms with E-state index >= 15 is 0 Å². The minimum Gasteiger partial charge on any atom is -0.166 e. The van der Waals surface area contributed by atoms with Crippen LogP contribution in [0.5, 0.6) is 0 Å². The van der Waals surface area contributed by atoms with Crippen LogP contribution in [0.2, 0.25) is 0 Å². The molecule has 35 heavy (non-hydrogen) atoms. The fourth-order valence-electron chi connectivity index (χ4n) is 6.07. The summed E-state index contributed by atoms with van der Waals surface area (Å²) >= 11 is 0. The van der Waals surface area contributed by atoms with Gasteiger partial charge in [-0.05, 0) is 83.9 Å². The third-order valence-corrected chi connectivity index (χ3v) is 7.84. The molecule has 1 aliphatic carbocycles. The van der Waals surface area contributed by atoms with Gasteiger partial charge in [-0.2, -0.15) is 13.2 Å². The minimum absolute atomic E-state index is 0.522. The summed E-state index contributed by atoms with van der Waals surface area (Å²) in [5.41, 5.74) is 4.81. The number of hydrogen-bond donors (Lipinski definition) is 0. The molecular formula is C32H21F3. The van der Waals surface area contributed by atoms with Crippen molar-refractivity contribution in [3.05, 3.63) is 108 Å². The van der Waals surface area contributed by atoms with Crippen molar-refractivity contribution in [1.82, 2.24) is 0 Å². The lowest BCUT2D eigenvalue weighted by Crippen LogP contribution is -2.16. The van der Waals surface area contributed by atoms with Gasteiger partial charge < -0.3 is 0 Å². The van der Waals surface area contributed by atoms with Crippen molar-refractivity contribution < 1.29 is 13.2 Å². The predicted molar refractivity (Wildman–Crippen MR) is 138 cm³/mol. The highest BCUT2D eigenvalue weighted by molar-refractivity contribution is 6.25. The number of fused-ring (bicyclic) bond motifs is 3. The van der Waals surface area contributed by atoms with E-state index in [0.29, 0.717) is 0 Å². The SMILES string of the molecule is CC1(C)c2cc(-c3ccc4ccc5cccc6ccc3c4c56)ccc2-c2ccc(C(F)(F)F)cc21. The molecule has 0 heterocycles. The Morgan fingerprint density at radius 2 is 1.14 bits per heavy atom. The summed E-state index contributed by atoms with van der Waals surface area (Å²) in [6, 6.07) is 30.0. The first kappa shape index (κ1) is 20.5. The maximum atomic E-state index is 13.4. The second-order valence-corrected chi connectivity index (χ2v) is 10.1. The van der Waals surface area contributed by atoms with Gasteiger partial charge in [-0.15, -0.1) is 0 Å². The van der Waals surface area contributed by atoms with E-state index in [2.05, 4.69) is 72.8 Å². The minimum atomic E-state index is -4.35. The van der Waals surface area contributed by atoms with E-state index in [9.17, 15) is 13.2 Å². The maximum Gasteiger partial charge on any atom is 0.416 e. The smallest absolute Gasteiger partial charge is 0.166 e. The molecule has 0 bridgehead atoms. The highest BCUT2D eigenvalue weighted by Gasteiger charge is 2.39. The molecule has 0 amide bonds. The Morgan fingerprint density at radius 3 is 1.86 bits per heavy atom. The van der Waals surface area contributed by atoms with Gasteiger partial charge in [0.2, 0.25) is 0 Å². The lowest BCUT2D eigenvalue weighted by molar-refractivity contribution is -0.137. The van der Waals surface area contributed by atoms with Gasteiger partial charge in [0.05, 0.1) is 5.56 Å². The van der Waals surface area contributed by atoms with Gasteiger partial charge >= 0.3 is 6.18 Å². The monoisotopic (exact) mass is 462 g/mol. The van der Waals surface area contributed by atoms with Gasteiger partial charge in [0, 0.05) is 5.41 Å². The van der Waals surface area contributed by atoms with E-state index in [-0.39, 0.29) is 0 Å². The van der Waals surface area contributed by atoms with Gasteiger partial charge in [0.25, 0.3) is 0 Å². The van der Waals surface area contributed by atoms with Crippen molar-refractivity contribution in [3.63, 3.8) is 0 Å². The molecule has 0 saturated carbocycles. The molecule has 3 heteroatoms. The number of rotatable bonds is 1. The second kappa shape index (κ2) is 6.63. The van der Waals surface area contributed by atoms with Crippen molar-refractivity contribution >= 4 is 32.3 Å². The van der Waals surface area contributed by atoms with Crippen LogP contribution < -0.4 is 0 Å². The van der Waals surface area contributed by atoms with Crippen molar-refractivity contribution in [1.29, 1.82) is 0 Å². The van der Waals surface area contributed by atoms with Crippen molar-refractivity contribution in [3.8, 4) is 22.3 Å². The molecule has 170 valence electrons. The number of alkyl halides is 3. The van der Waals surface area contributed by atoms with Crippen LogP contribution in [0, 0.1) is 0 Å². The molecule has 6 aromatic rings. The van der Waals surface area contributed by atoms with Gasteiger partial charge in [-0.25, -0.2) is 0 Å². The van der Waals surface area contributed by atoms with Crippen LogP contribution in [-0.4, -0.2) is 0 Å². The Kier molecular flexibility index (Phi) is 3.89. The lowest BCUT2D eigenvalue weighted by atomic mass is 9.80. The van der Waals surface area contributed by atoms with Crippen molar-refractivity contribution in [2.24, 2.45) is 0 Å². The van der Waals surface area contributed by atoms with Crippen molar-refractivity contribution in [2.75, 3.05) is 0 Å². The Bertz CT molecular complexity index is 1790. The van der Waals surface area contributed by atoms with Crippen molar-refractivity contribution in [2.45, 2.75) is 25.4 Å².